The highest BCUT2D eigenvalue weighted by atomic mass is 16.2. The van der Waals surface area contributed by atoms with Gasteiger partial charge in [0.05, 0.1) is 6.30 Å². The van der Waals surface area contributed by atoms with E-state index in [0.717, 1.165) is 4.57 Å². The van der Waals surface area contributed by atoms with Crippen LogP contribution in [-0.4, -0.2) is 19.1 Å². The highest BCUT2D eigenvalue weighted by Gasteiger charge is 2.08. The number of nitrogens with one attached hydrogen (secondary N) is 1. The van der Waals surface area contributed by atoms with Crippen LogP contribution in [-0.2, 0) is 14.0 Å². The summed E-state index contributed by atoms with van der Waals surface area (Å²) in [6.07, 6.45) is -0.297. The first-order chi connectivity index (χ1) is 7.73. The Bertz CT molecular complexity index is 707. The van der Waals surface area contributed by atoms with Crippen LogP contribution >= 0.6 is 0 Å². The Hall–Kier alpha value is -1.85. The quantitative estimate of drug-likeness (QED) is 0.568. The van der Waals surface area contributed by atoms with Crippen LogP contribution < -0.4 is 11.2 Å². The molecule has 2 aromatic rings. The third-order valence-electron chi connectivity index (χ3n) is 1.70. The van der Waals surface area contributed by atoms with Crippen molar-refractivity contribution in [3.63, 3.8) is 0 Å². The Kier molecular flexibility index (Phi) is 0.785. The van der Waals surface area contributed by atoms with Crippen molar-refractivity contribution in [3.05, 3.63) is 27.1 Å². The summed E-state index contributed by atoms with van der Waals surface area (Å²) in [4.78, 5) is 28.5. The zero-order valence-corrected chi connectivity index (χ0v) is 6.66. The van der Waals surface area contributed by atoms with Gasteiger partial charge in [-0.3, -0.25) is 14.3 Å². The fourth-order valence-electron chi connectivity index (χ4n) is 1.09. The largest absolute Gasteiger partial charge is 0.329 e. The van der Waals surface area contributed by atoms with Gasteiger partial charge in [-0.05, 0) is 0 Å². The van der Waals surface area contributed by atoms with Gasteiger partial charge in [0.25, 0.3) is 5.56 Å². The molecule has 2 heterocycles. The number of hydrogen-bond donors (Lipinski definition) is 1. The lowest BCUT2D eigenvalue weighted by atomic mass is 10.5. The van der Waals surface area contributed by atoms with Crippen molar-refractivity contribution in [1.82, 2.24) is 19.1 Å². The van der Waals surface area contributed by atoms with Crippen LogP contribution in [0.3, 0.4) is 0 Å². The summed E-state index contributed by atoms with van der Waals surface area (Å²) in [5.74, 6) is 0. The Balaban J connectivity index is 3.10. The van der Waals surface area contributed by atoms with E-state index in [-0.39, 0.29) is 17.5 Å². The van der Waals surface area contributed by atoms with Crippen LogP contribution in [0.4, 0.5) is 0 Å². The van der Waals surface area contributed by atoms with Crippen LogP contribution in [0.5, 0.6) is 0 Å². The number of fused-ring (bicyclic) bond motifs is 1. The molecule has 0 spiro atoms. The van der Waals surface area contributed by atoms with E-state index in [4.69, 9.17) is 5.48 Å². The molecule has 0 aliphatic rings. The van der Waals surface area contributed by atoms with Crippen molar-refractivity contribution < 1.29 is 5.48 Å². The SMILES string of the molecule is [2H]c1nc2c(c(=O)[nH]c(=O)n2C([2H])([2H])[2H])n1C. The van der Waals surface area contributed by atoms with E-state index in [1.165, 1.54) is 7.05 Å². The molecule has 6 heteroatoms. The Labute approximate surface area is 78.1 Å². The highest BCUT2D eigenvalue weighted by Crippen LogP contribution is 2.00. The average Bonchev–Trinajstić information content (AvgIpc) is 2.40. The maximum atomic E-state index is 11.5. The third-order valence-corrected chi connectivity index (χ3v) is 1.70. The molecule has 0 fully saturated rings. The van der Waals surface area contributed by atoms with Crippen LogP contribution in [0.2, 0.25) is 0 Å². The van der Waals surface area contributed by atoms with Gasteiger partial charge in [-0.25, -0.2) is 9.78 Å². The Morgan fingerprint density at radius 1 is 1.69 bits per heavy atom. The first-order valence-electron chi connectivity index (χ1n) is 5.42. The number of H-pyrrole nitrogens is 1. The predicted octanol–water partition coefficient (Wildman–Crippen LogP) is -1.04. The van der Waals surface area contributed by atoms with Crippen molar-refractivity contribution in [2.75, 3.05) is 0 Å². The van der Waals surface area contributed by atoms with Gasteiger partial charge >= 0.3 is 5.69 Å². The zero-order chi connectivity index (χ0) is 13.0. The number of aryl methyl sites for hydroxylation is 2. The molecule has 1 N–H and O–H groups in total. The van der Waals surface area contributed by atoms with Gasteiger partial charge in [0, 0.05) is 18.1 Å². The molecule has 0 atom stereocenters. The molecule has 6 nitrogen and oxygen atoms in total. The second kappa shape index (κ2) is 2.32. The smallest absolute Gasteiger partial charge is 0.328 e. The van der Waals surface area contributed by atoms with Gasteiger partial charge < -0.3 is 4.57 Å². The topological polar surface area (TPSA) is 72.7 Å². The minimum atomic E-state index is -2.76. The monoisotopic (exact) mass is 184 g/mol. The highest BCUT2D eigenvalue weighted by molar-refractivity contribution is 5.69. The van der Waals surface area contributed by atoms with Crippen molar-refractivity contribution in [2.24, 2.45) is 14.0 Å². The molecular weight excluding hydrogens is 172 g/mol. The van der Waals surface area contributed by atoms with Gasteiger partial charge in [0.15, 0.2) is 11.2 Å². The fourth-order valence-corrected chi connectivity index (χ4v) is 1.09. The summed E-state index contributed by atoms with van der Waals surface area (Å²) < 4.78 is 30.5. The number of nitrogens with zero attached hydrogens (tertiary/aromatic N) is 3. The van der Waals surface area contributed by atoms with E-state index in [1.54, 1.807) is 0 Å². The minimum absolute atomic E-state index is 0.120. The molecule has 0 aliphatic carbocycles. The zero-order valence-electron chi connectivity index (χ0n) is 10.7. The fraction of sp³-hybridized carbons (Fsp3) is 0.286. The second-order valence-corrected chi connectivity index (χ2v) is 2.54. The van der Waals surface area contributed by atoms with Gasteiger partial charge in [0.1, 0.15) is 1.37 Å². The van der Waals surface area contributed by atoms with E-state index in [0.29, 0.717) is 4.57 Å². The molecule has 0 radical (unpaired) electrons. The van der Waals surface area contributed by atoms with E-state index >= 15 is 0 Å². The van der Waals surface area contributed by atoms with E-state index in [9.17, 15) is 9.59 Å². The Morgan fingerprint density at radius 3 is 3.15 bits per heavy atom. The predicted molar refractivity (Wildman–Crippen MR) is 46.6 cm³/mol. The minimum Gasteiger partial charge on any atom is -0.328 e. The maximum Gasteiger partial charge on any atom is 0.329 e. The normalized spacial score (nSPS) is 16.4. The molecule has 0 bridgehead atoms. The summed E-state index contributed by atoms with van der Waals surface area (Å²) in [5, 5.41) is 0. The summed E-state index contributed by atoms with van der Waals surface area (Å²) in [6.45, 7) is -2.76. The van der Waals surface area contributed by atoms with Crippen molar-refractivity contribution in [3.8, 4) is 0 Å². The van der Waals surface area contributed by atoms with Crippen molar-refractivity contribution >= 4 is 11.2 Å². The molecule has 13 heavy (non-hydrogen) atoms. The molecule has 0 saturated carbocycles. The van der Waals surface area contributed by atoms with Crippen molar-refractivity contribution in [2.45, 2.75) is 0 Å². The van der Waals surface area contributed by atoms with Crippen LogP contribution in [0.25, 0.3) is 11.2 Å². The summed E-state index contributed by atoms with van der Waals surface area (Å²) in [5.41, 5.74) is -2.27. The molecule has 0 unspecified atom stereocenters. The Morgan fingerprint density at radius 2 is 2.46 bits per heavy atom. The van der Waals surface area contributed by atoms with Gasteiger partial charge in [-0.15, -0.1) is 0 Å². The van der Waals surface area contributed by atoms with E-state index in [2.05, 4.69) is 4.98 Å². The first kappa shape index (κ1) is 4.40. The van der Waals surface area contributed by atoms with Gasteiger partial charge in [0.2, 0.25) is 0 Å². The number of hydrogen-bond acceptors (Lipinski definition) is 3. The molecular formula is C7H8N4O2. The van der Waals surface area contributed by atoms with Crippen LogP contribution in [0, 0.1) is 0 Å². The molecule has 0 aromatic carbocycles. The first-order valence-corrected chi connectivity index (χ1v) is 3.42. The number of aromatic nitrogens is 4. The molecule has 0 amide bonds. The third kappa shape index (κ3) is 0.915. The van der Waals surface area contributed by atoms with Crippen LogP contribution in [0.1, 0.15) is 5.48 Å². The number of rotatable bonds is 0. The van der Waals surface area contributed by atoms with Gasteiger partial charge in [-0.1, -0.05) is 0 Å². The lowest BCUT2D eigenvalue weighted by Crippen LogP contribution is -2.28. The summed E-state index contributed by atoms with van der Waals surface area (Å²) in [6, 6.07) is 0. The van der Waals surface area contributed by atoms with E-state index in [1.807, 2.05) is 4.98 Å². The van der Waals surface area contributed by atoms with Crippen LogP contribution in [0.15, 0.2) is 15.9 Å². The summed E-state index contributed by atoms with van der Waals surface area (Å²) in [7, 11) is 1.39. The average molecular weight is 184 g/mol. The molecule has 0 aliphatic heterocycles. The lowest BCUT2D eigenvalue weighted by molar-refractivity contribution is 0.829. The molecule has 0 saturated heterocycles. The van der Waals surface area contributed by atoms with Gasteiger partial charge in [-0.2, -0.15) is 0 Å². The molecule has 2 rings (SSSR count). The number of aromatic amines is 1. The van der Waals surface area contributed by atoms with Crippen molar-refractivity contribution in [1.29, 1.82) is 0 Å². The number of imidazole rings is 1. The summed E-state index contributed by atoms with van der Waals surface area (Å²) >= 11 is 0. The van der Waals surface area contributed by atoms with E-state index < -0.39 is 18.2 Å². The maximum absolute atomic E-state index is 11.5. The second-order valence-electron chi connectivity index (χ2n) is 2.54. The molecule has 2 aromatic heterocycles. The lowest BCUT2D eigenvalue weighted by Gasteiger charge is -1.97. The molecule has 68 valence electrons. The standard InChI is InChI=1S/C7H8N4O2/c1-10-3-8-5-4(10)6(12)9-7(13)11(5)2/h3H,1-2H3,(H,9,12,13)/i2D3,3D.